The number of nitrogens with two attached hydrogens (primary N) is 1. The molecule has 0 radical (unpaired) electrons. The van der Waals surface area contributed by atoms with Crippen molar-refractivity contribution in [2.75, 3.05) is 23.8 Å². The van der Waals surface area contributed by atoms with Gasteiger partial charge in [-0.25, -0.2) is 4.98 Å². The van der Waals surface area contributed by atoms with Gasteiger partial charge in [-0.2, -0.15) is 0 Å². The van der Waals surface area contributed by atoms with Crippen LogP contribution in [0, 0.1) is 6.92 Å². The van der Waals surface area contributed by atoms with E-state index in [1.165, 1.54) is 0 Å². The van der Waals surface area contributed by atoms with Crippen LogP contribution in [-0.4, -0.2) is 18.1 Å². The minimum absolute atomic E-state index is 0.695. The first-order valence-electron chi connectivity index (χ1n) is 6.47. The fourth-order valence-electron chi connectivity index (χ4n) is 2.42. The standard InChI is InChI=1S/C15H17N3O/c1-11-9-12(16)10-17-15(11)18-7-4-8-19-14-6-3-2-5-13(14)18/h2-3,5-6,9-10H,4,7-8,16H2,1H3. The number of benzene rings is 1. The Hall–Kier alpha value is -2.23. The second kappa shape index (κ2) is 4.80. The molecule has 0 saturated carbocycles. The quantitative estimate of drug-likeness (QED) is 0.851. The topological polar surface area (TPSA) is 51.4 Å². The first-order valence-corrected chi connectivity index (χ1v) is 6.47. The molecule has 1 aromatic heterocycles. The van der Waals surface area contributed by atoms with Crippen molar-refractivity contribution in [2.24, 2.45) is 0 Å². The Labute approximate surface area is 112 Å². The molecule has 1 aliphatic heterocycles. The molecule has 0 saturated heterocycles. The van der Waals surface area contributed by atoms with E-state index in [2.05, 4.69) is 16.0 Å². The van der Waals surface area contributed by atoms with Gasteiger partial charge in [-0.3, -0.25) is 0 Å². The molecule has 3 rings (SSSR count). The van der Waals surface area contributed by atoms with E-state index in [0.29, 0.717) is 5.69 Å². The lowest BCUT2D eigenvalue weighted by Gasteiger charge is -2.24. The van der Waals surface area contributed by atoms with Crippen molar-refractivity contribution in [3.63, 3.8) is 0 Å². The summed E-state index contributed by atoms with van der Waals surface area (Å²) < 4.78 is 5.77. The van der Waals surface area contributed by atoms with Crippen molar-refractivity contribution in [3.8, 4) is 5.75 Å². The summed E-state index contributed by atoms with van der Waals surface area (Å²) in [6, 6.07) is 10.0. The molecule has 4 heteroatoms. The summed E-state index contributed by atoms with van der Waals surface area (Å²) in [6.07, 6.45) is 2.68. The van der Waals surface area contributed by atoms with E-state index in [0.717, 1.165) is 42.4 Å². The Morgan fingerprint density at radius 1 is 1.32 bits per heavy atom. The van der Waals surface area contributed by atoms with Crippen LogP contribution in [-0.2, 0) is 0 Å². The predicted octanol–water partition coefficient (Wildman–Crippen LogP) is 2.89. The summed E-state index contributed by atoms with van der Waals surface area (Å²) in [7, 11) is 0. The predicted molar refractivity (Wildman–Crippen MR) is 76.9 cm³/mol. The molecule has 0 aliphatic carbocycles. The van der Waals surface area contributed by atoms with Crippen molar-refractivity contribution in [2.45, 2.75) is 13.3 Å². The Kier molecular flexibility index (Phi) is 2.99. The summed E-state index contributed by atoms with van der Waals surface area (Å²) in [5.41, 5.74) is 8.62. The van der Waals surface area contributed by atoms with E-state index in [-0.39, 0.29) is 0 Å². The number of hydrogen-bond donors (Lipinski definition) is 1. The number of aromatic nitrogens is 1. The zero-order chi connectivity index (χ0) is 13.2. The van der Waals surface area contributed by atoms with E-state index in [1.54, 1.807) is 6.20 Å². The molecule has 4 nitrogen and oxygen atoms in total. The number of fused-ring (bicyclic) bond motifs is 1. The minimum Gasteiger partial charge on any atom is -0.491 e. The first-order chi connectivity index (χ1) is 9.25. The summed E-state index contributed by atoms with van der Waals surface area (Å²) >= 11 is 0. The minimum atomic E-state index is 0.695. The Morgan fingerprint density at radius 2 is 2.16 bits per heavy atom. The highest BCUT2D eigenvalue weighted by Crippen LogP contribution is 2.36. The second-order valence-electron chi connectivity index (χ2n) is 4.73. The zero-order valence-corrected chi connectivity index (χ0v) is 11.0. The third-order valence-corrected chi connectivity index (χ3v) is 3.27. The van der Waals surface area contributed by atoms with Gasteiger partial charge < -0.3 is 15.4 Å². The van der Waals surface area contributed by atoms with E-state index in [1.807, 2.05) is 31.2 Å². The molecule has 0 spiro atoms. The molecular formula is C15H17N3O. The van der Waals surface area contributed by atoms with Gasteiger partial charge in [-0.1, -0.05) is 12.1 Å². The van der Waals surface area contributed by atoms with Crippen LogP contribution >= 0.6 is 0 Å². The van der Waals surface area contributed by atoms with Crippen LogP contribution in [0.25, 0.3) is 0 Å². The van der Waals surface area contributed by atoms with Crippen LogP contribution in [0.15, 0.2) is 36.5 Å². The summed E-state index contributed by atoms with van der Waals surface area (Å²) in [4.78, 5) is 6.69. The van der Waals surface area contributed by atoms with Crippen LogP contribution in [0.2, 0.25) is 0 Å². The highest BCUT2D eigenvalue weighted by molar-refractivity contribution is 5.70. The lowest BCUT2D eigenvalue weighted by atomic mass is 10.2. The Balaban J connectivity index is 2.09. The number of hydrogen-bond acceptors (Lipinski definition) is 4. The molecular weight excluding hydrogens is 238 g/mol. The number of aryl methyl sites for hydroxylation is 1. The molecule has 2 heterocycles. The second-order valence-corrected chi connectivity index (χ2v) is 4.73. The average Bonchev–Trinajstić information content (AvgIpc) is 2.61. The van der Waals surface area contributed by atoms with Gasteiger partial charge in [0.15, 0.2) is 0 Å². The lowest BCUT2D eigenvalue weighted by molar-refractivity contribution is 0.322. The Morgan fingerprint density at radius 3 is 3.00 bits per heavy atom. The number of anilines is 3. The largest absolute Gasteiger partial charge is 0.491 e. The van der Waals surface area contributed by atoms with Crippen LogP contribution in [0.4, 0.5) is 17.2 Å². The van der Waals surface area contributed by atoms with E-state index >= 15 is 0 Å². The summed E-state index contributed by atoms with van der Waals surface area (Å²) in [5, 5.41) is 0. The highest BCUT2D eigenvalue weighted by Gasteiger charge is 2.19. The average molecular weight is 255 g/mol. The maximum absolute atomic E-state index is 5.78. The van der Waals surface area contributed by atoms with Crippen molar-refractivity contribution in [1.82, 2.24) is 4.98 Å². The molecule has 1 aromatic carbocycles. The Bertz CT molecular complexity index is 598. The van der Waals surface area contributed by atoms with Crippen molar-refractivity contribution < 1.29 is 4.74 Å². The monoisotopic (exact) mass is 255 g/mol. The maximum Gasteiger partial charge on any atom is 0.142 e. The van der Waals surface area contributed by atoms with Crippen molar-refractivity contribution >= 4 is 17.2 Å². The molecule has 2 aromatic rings. The van der Waals surface area contributed by atoms with Crippen molar-refractivity contribution in [1.29, 1.82) is 0 Å². The van der Waals surface area contributed by atoms with Gasteiger partial charge in [0.05, 0.1) is 24.2 Å². The molecule has 0 fully saturated rings. The molecule has 19 heavy (non-hydrogen) atoms. The van der Waals surface area contributed by atoms with Crippen molar-refractivity contribution in [3.05, 3.63) is 42.1 Å². The van der Waals surface area contributed by atoms with Gasteiger partial charge in [0.25, 0.3) is 0 Å². The zero-order valence-electron chi connectivity index (χ0n) is 11.0. The van der Waals surface area contributed by atoms with Crippen LogP contribution in [0.3, 0.4) is 0 Å². The SMILES string of the molecule is Cc1cc(N)cnc1N1CCCOc2ccccc21. The van der Waals surface area contributed by atoms with Crippen LogP contribution < -0.4 is 15.4 Å². The van der Waals surface area contributed by atoms with E-state index in [4.69, 9.17) is 10.5 Å². The maximum atomic E-state index is 5.78. The van der Waals surface area contributed by atoms with Crippen LogP contribution in [0.1, 0.15) is 12.0 Å². The molecule has 0 amide bonds. The third-order valence-electron chi connectivity index (χ3n) is 3.27. The third kappa shape index (κ3) is 2.21. The number of para-hydroxylation sites is 2. The molecule has 0 atom stereocenters. The fraction of sp³-hybridized carbons (Fsp3) is 0.267. The van der Waals surface area contributed by atoms with Gasteiger partial charge in [-0.05, 0) is 37.1 Å². The van der Waals surface area contributed by atoms with Gasteiger partial charge in [-0.15, -0.1) is 0 Å². The molecule has 2 N–H and O–H groups in total. The van der Waals surface area contributed by atoms with Gasteiger partial charge in [0.2, 0.25) is 0 Å². The van der Waals surface area contributed by atoms with E-state index in [9.17, 15) is 0 Å². The van der Waals surface area contributed by atoms with Gasteiger partial charge in [0, 0.05) is 6.54 Å². The number of rotatable bonds is 1. The lowest BCUT2D eigenvalue weighted by Crippen LogP contribution is -2.20. The number of ether oxygens (including phenoxy) is 1. The molecule has 98 valence electrons. The number of nitrogens with zero attached hydrogens (tertiary/aromatic N) is 2. The molecule has 0 bridgehead atoms. The fourth-order valence-corrected chi connectivity index (χ4v) is 2.42. The van der Waals surface area contributed by atoms with Gasteiger partial charge >= 0.3 is 0 Å². The number of nitrogen functional groups attached to an aromatic ring is 1. The molecule has 0 unspecified atom stereocenters. The van der Waals surface area contributed by atoms with Gasteiger partial charge in [0.1, 0.15) is 11.6 Å². The van der Waals surface area contributed by atoms with E-state index < -0.39 is 0 Å². The number of pyridine rings is 1. The van der Waals surface area contributed by atoms with Crippen LogP contribution in [0.5, 0.6) is 5.75 Å². The summed E-state index contributed by atoms with van der Waals surface area (Å²) in [5.74, 6) is 1.87. The first kappa shape index (κ1) is 11.8. The highest BCUT2D eigenvalue weighted by atomic mass is 16.5. The summed E-state index contributed by atoms with van der Waals surface area (Å²) in [6.45, 7) is 3.67. The normalized spacial score (nSPS) is 14.5. The smallest absolute Gasteiger partial charge is 0.142 e. The molecule has 1 aliphatic rings.